The van der Waals surface area contributed by atoms with Crippen LogP contribution in [0.3, 0.4) is 0 Å². The van der Waals surface area contributed by atoms with Crippen molar-refractivity contribution in [1.82, 2.24) is 0 Å². The van der Waals surface area contributed by atoms with Gasteiger partial charge >= 0.3 is 5.97 Å². The molecule has 0 aliphatic heterocycles. The molecule has 146 valence electrons. The number of thiol groups is 1. The van der Waals surface area contributed by atoms with Crippen LogP contribution in [0.5, 0.6) is 11.5 Å². The lowest BCUT2D eigenvalue weighted by molar-refractivity contribution is 0.0580. The van der Waals surface area contributed by atoms with E-state index >= 15 is 0 Å². The maximum atomic E-state index is 12.2. The molecule has 2 aromatic rings. The van der Waals surface area contributed by atoms with Crippen LogP contribution >= 0.6 is 12.6 Å². The van der Waals surface area contributed by atoms with Crippen LogP contribution in [0.25, 0.3) is 0 Å². The Labute approximate surface area is 164 Å². The molecule has 0 unspecified atom stereocenters. The summed E-state index contributed by atoms with van der Waals surface area (Å²) in [6.45, 7) is 2.59. The number of unbranched alkanes of at least 4 members (excludes halogenated alkanes) is 1. The SMILES string of the molecule is CCCCNc1cc(C(=O)OCS)cc(S(N)(=O)=O)c1Oc1ccccc1. The monoisotopic (exact) mass is 410 g/mol. The summed E-state index contributed by atoms with van der Waals surface area (Å²) < 4.78 is 35.0. The van der Waals surface area contributed by atoms with Crippen LogP contribution in [0.4, 0.5) is 5.69 Å². The third-order valence-corrected chi connectivity index (χ3v) is 4.65. The second kappa shape index (κ2) is 9.63. The fourth-order valence-corrected chi connectivity index (χ4v) is 3.13. The molecule has 0 spiro atoms. The first kappa shape index (κ1) is 21.1. The van der Waals surface area contributed by atoms with Crippen LogP contribution in [0.15, 0.2) is 47.4 Å². The van der Waals surface area contributed by atoms with E-state index in [0.717, 1.165) is 18.9 Å². The van der Waals surface area contributed by atoms with Gasteiger partial charge in [-0.05, 0) is 30.7 Å². The molecule has 27 heavy (non-hydrogen) atoms. The molecule has 0 atom stereocenters. The lowest BCUT2D eigenvalue weighted by Gasteiger charge is -2.17. The Morgan fingerprint density at radius 3 is 2.52 bits per heavy atom. The summed E-state index contributed by atoms with van der Waals surface area (Å²) in [6, 6.07) is 11.3. The molecule has 0 saturated heterocycles. The van der Waals surface area contributed by atoms with Gasteiger partial charge in [-0.2, -0.15) is 0 Å². The molecule has 7 nitrogen and oxygen atoms in total. The van der Waals surface area contributed by atoms with Crippen molar-refractivity contribution in [2.24, 2.45) is 5.14 Å². The Hall–Kier alpha value is -2.23. The zero-order chi connectivity index (χ0) is 19.9. The average Bonchev–Trinajstić information content (AvgIpc) is 2.63. The molecule has 0 heterocycles. The van der Waals surface area contributed by atoms with Gasteiger partial charge in [0.1, 0.15) is 16.6 Å². The number of anilines is 1. The van der Waals surface area contributed by atoms with E-state index in [2.05, 4.69) is 17.9 Å². The van der Waals surface area contributed by atoms with Gasteiger partial charge in [0.2, 0.25) is 10.0 Å². The summed E-state index contributed by atoms with van der Waals surface area (Å²) in [5, 5.41) is 8.49. The number of hydrogen-bond acceptors (Lipinski definition) is 7. The second-order valence-electron chi connectivity index (χ2n) is 5.65. The summed E-state index contributed by atoms with van der Waals surface area (Å²) in [5.74, 6) is -0.377. The van der Waals surface area contributed by atoms with Crippen molar-refractivity contribution in [3.8, 4) is 11.5 Å². The first-order chi connectivity index (χ1) is 12.9. The smallest absolute Gasteiger partial charge is 0.339 e. The van der Waals surface area contributed by atoms with Crippen molar-refractivity contribution in [3.05, 3.63) is 48.0 Å². The molecule has 2 rings (SSSR count). The number of benzene rings is 2. The zero-order valence-corrected chi connectivity index (χ0v) is 16.6. The molecule has 0 fully saturated rings. The van der Waals surface area contributed by atoms with Gasteiger partial charge in [0.05, 0.1) is 11.3 Å². The summed E-state index contributed by atoms with van der Waals surface area (Å²) >= 11 is 3.85. The summed E-state index contributed by atoms with van der Waals surface area (Å²) in [6.07, 6.45) is 1.78. The number of nitrogens with two attached hydrogens (primary N) is 1. The number of para-hydroxylation sites is 1. The highest BCUT2D eigenvalue weighted by Gasteiger charge is 2.24. The van der Waals surface area contributed by atoms with Crippen molar-refractivity contribution in [3.63, 3.8) is 0 Å². The Bertz CT molecular complexity index is 886. The number of ether oxygens (including phenoxy) is 2. The minimum atomic E-state index is -4.17. The van der Waals surface area contributed by atoms with E-state index in [0.29, 0.717) is 18.0 Å². The minimum absolute atomic E-state index is 0.0298. The van der Waals surface area contributed by atoms with Gasteiger partial charge in [0.15, 0.2) is 5.75 Å². The Morgan fingerprint density at radius 1 is 1.22 bits per heavy atom. The molecule has 0 bridgehead atoms. The molecule has 9 heteroatoms. The quantitative estimate of drug-likeness (QED) is 0.253. The first-order valence-corrected chi connectivity index (χ1v) is 10.5. The van der Waals surface area contributed by atoms with Gasteiger partial charge in [-0.3, -0.25) is 0 Å². The van der Waals surface area contributed by atoms with Gasteiger partial charge < -0.3 is 14.8 Å². The van der Waals surface area contributed by atoms with E-state index in [4.69, 9.17) is 14.6 Å². The summed E-state index contributed by atoms with van der Waals surface area (Å²) in [4.78, 5) is 11.8. The number of primary sulfonamides is 1. The second-order valence-corrected chi connectivity index (χ2v) is 7.44. The van der Waals surface area contributed by atoms with E-state index in [1.165, 1.54) is 6.07 Å². The minimum Gasteiger partial charge on any atom is -0.454 e. The maximum absolute atomic E-state index is 12.2. The number of hydrogen-bond donors (Lipinski definition) is 3. The fourth-order valence-electron chi connectivity index (χ4n) is 2.32. The van der Waals surface area contributed by atoms with Crippen LogP contribution < -0.4 is 15.2 Å². The number of sulfonamides is 1. The Morgan fingerprint density at radius 2 is 1.93 bits per heavy atom. The van der Waals surface area contributed by atoms with Crippen molar-refractivity contribution >= 4 is 34.3 Å². The normalized spacial score (nSPS) is 11.1. The van der Waals surface area contributed by atoms with Gasteiger partial charge in [-0.25, -0.2) is 18.4 Å². The highest BCUT2D eigenvalue weighted by Crippen LogP contribution is 2.37. The summed E-state index contributed by atoms with van der Waals surface area (Å²) in [5.41, 5.74) is 0.373. The highest BCUT2D eigenvalue weighted by molar-refractivity contribution is 7.89. The first-order valence-electron chi connectivity index (χ1n) is 8.32. The topological polar surface area (TPSA) is 108 Å². The van der Waals surface area contributed by atoms with E-state index in [-0.39, 0.29) is 22.1 Å². The van der Waals surface area contributed by atoms with Crippen LogP contribution in [0, 0.1) is 0 Å². The molecule has 0 amide bonds. The van der Waals surface area contributed by atoms with Gasteiger partial charge in [0, 0.05) is 6.54 Å². The van der Waals surface area contributed by atoms with E-state index < -0.39 is 16.0 Å². The van der Waals surface area contributed by atoms with E-state index in [1.807, 2.05) is 13.0 Å². The molecular formula is C18H22N2O5S2. The average molecular weight is 411 g/mol. The molecule has 0 aliphatic rings. The van der Waals surface area contributed by atoms with Gasteiger partial charge in [0.25, 0.3) is 0 Å². The van der Waals surface area contributed by atoms with Crippen molar-refractivity contribution in [2.45, 2.75) is 24.7 Å². The molecule has 0 aromatic heterocycles. The van der Waals surface area contributed by atoms with Gasteiger partial charge in [-0.1, -0.05) is 31.5 Å². The number of carbonyl (C=O) groups excluding carboxylic acids is 1. The van der Waals surface area contributed by atoms with Crippen molar-refractivity contribution in [2.75, 3.05) is 17.8 Å². The van der Waals surface area contributed by atoms with E-state index in [1.54, 1.807) is 24.3 Å². The fraction of sp³-hybridized carbons (Fsp3) is 0.278. The predicted octanol–water partition coefficient (Wildman–Crippen LogP) is 3.38. The third kappa shape index (κ3) is 5.88. The zero-order valence-electron chi connectivity index (χ0n) is 14.8. The van der Waals surface area contributed by atoms with Crippen LogP contribution in [0.1, 0.15) is 30.1 Å². The van der Waals surface area contributed by atoms with Crippen molar-refractivity contribution < 1.29 is 22.7 Å². The lowest BCUT2D eigenvalue weighted by atomic mass is 10.1. The molecule has 2 aromatic carbocycles. The molecular weight excluding hydrogens is 388 g/mol. The maximum Gasteiger partial charge on any atom is 0.339 e. The Balaban J connectivity index is 2.59. The Kier molecular flexibility index (Phi) is 7.52. The summed E-state index contributed by atoms with van der Waals surface area (Å²) in [7, 11) is -4.17. The number of carbonyl (C=O) groups is 1. The van der Waals surface area contributed by atoms with Crippen LogP contribution in [-0.4, -0.2) is 26.9 Å². The number of nitrogens with one attached hydrogen (secondary N) is 1. The number of esters is 1. The molecule has 0 radical (unpaired) electrons. The van der Waals surface area contributed by atoms with Crippen LogP contribution in [0.2, 0.25) is 0 Å². The van der Waals surface area contributed by atoms with Gasteiger partial charge in [-0.15, -0.1) is 12.6 Å². The number of rotatable bonds is 9. The standard InChI is InChI=1S/C18H22N2O5S2/c1-2-3-9-20-15-10-13(18(21)24-12-26)11-16(27(19,22)23)17(15)25-14-7-5-4-6-8-14/h4-8,10-11,20,26H,2-3,9,12H2,1H3,(H2,19,22,23). The van der Waals surface area contributed by atoms with E-state index in [9.17, 15) is 13.2 Å². The molecule has 0 saturated carbocycles. The predicted molar refractivity (Wildman–Crippen MR) is 107 cm³/mol. The van der Waals surface area contributed by atoms with Crippen LogP contribution in [-0.2, 0) is 14.8 Å². The lowest BCUT2D eigenvalue weighted by Crippen LogP contribution is -2.16. The molecule has 0 aliphatic carbocycles. The largest absolute Gasteiger partial charge is 0.454 e. The third-order valence-electron chi connectivity index (χ3n) is 3.60. The molecule has 3 N–H and O–H groups in total. The highest BCUT2D eigenvalue weighted by atomic mass is 32.2. The van der Waals surface area contributed by atoms with Crippen molar-refractivity contribution in [1.29, 1.82) is 0 Å².